The summed E-state index contributed by atoms with van der Waals surface area (Å²) in [7, 11) is 0. The molecule has 0 radical (unpaired) electrons. The van der Waals surface area contributed by atoms with Crippen molar-refractivity contribution in [2.75, 3.05) is 0 Å². The van der Waals surface area contributed by atoms with Gasteiger partial charge in [-0.3, -0.25) is 0 Å². The van der Waals surface area contributed by atoms with Gasteiger partial charge >= 0.3 is 0 Å². The third-order valence-corrected chi connectivity index (χ3v) is 3.37. The van der Waals surface area contributed by atoms with Crippen molar-refractivity contribution < 1.29 is 0 Å². The first kappa shape index (κ1) is 11.9. The standard InChI is InChI=1S/C15H13N3S/c16-15(19)12-6-2-1-5-11(12)9-18-10-17-13-7-3-4-8-14(13)18/h1-8,10H,9H2,(H2,16,19). The maximum absolute atomic E-state index is 5.76. The van der Waals surface area contributed by atoms with Crippen LogP contribution in [0.1, 0.15) is 11.1 Å². The maximum atomic E-state index is 5.76. The summed E-state index contributed by atoms with van der Waals surface area (Å²) in [6, 6.07) is 16.0. The minimum atomic E-state index is 0.431. The molecule has 3 rings (SSSR count). The fourth-order valence-electron chi connectivity index (χ4n) is 2.22. The monoisotopic (exact) mass is 267 g/mol. The molecule has 0 atom stereocenters. The fourth-order valence-corrected chi connectivity index (χ4v) is 2.42. The Labute approximate surface area is 116 Å². The average Bonchev–Trinajstić information content (AvgIpc) is 2.83. The van der Waals surface area contributed by atoms with Gasteiger partial charge < -0.3 is 10.3 Å². The molecule has 94 valence electrons. The summed E-state index contributed by atoms with van der Waals surface area (Å²) in [6.07, 6.45) is 1.85. The van der Waals surface area contributed by atoms with Crippen LogP contribution in [-0.4, -0.2) is 14.5 Å². The van der Waals surface area contributed by atoms with Crippen LogP contribution in [0.5, 0.6) is 0 Å². The van der Waals surface area contributed by atoms with Crippen molar-refractivity contribution in [3.63, 3.8) is 0 Å². The van der Waals surface area contributed by atoms with E-state index in [-0.39, 0.29) is 0 Å². The molecule has 0 spiro atoms. The van der Waals surface area contributed by atoms with Gasteiger partial charge in [0.1, 0.15) is 4.99 Å². The first-order chi connectivity index (χ1) is 9.25. The quantitative estimate of drug-likeness (QED) is 0.742. The number of benzene rings is 2. The van der Waals surface area contributed by atoms with Gasteiger partial charge in [-0.25, -0.2) is 4.98 Å². The Hall–Kier alpha value is -2.20. The summed E-state index contributed by atoms with van der Waals surface area (Å²) in [5.74, 6) is 0. The number of fused-ring (bicyclic) bond motifs is 1. The first-order valence-corrected chi connectivity index (χ1v) is 6.44. The smallest absolute Gasteiger partial charge is 0.104 e. The number of hydrogen-bond donors (Lipinski definition) is 1. The molecule has 0 unspecified atom stereocenters. The molecule has 0 aliphatic rings. The molecular formula is C15H13N3S. The fraction of sp³-hybridized carbons (Fsp3) is 0.0667. The van der Waals surface area contributed by atoms with Crippen molar-refractivity contribution in [3.05, 3.63) is 66.0 Å². The minimum absolute atomic E-state index is 0.431. The lowest BCUT2D eigenvalue weighted by Crippen LogP contribution is -2.13. The van der Waals surface area contributed by atoms with E-state index in [1.165, 1.54) is 0 Å². The highest BCUT2D eigenvalue weighted by Crippen LogP contribution is 2.16. The van der Waals surface area contributed by atoms with Crippen LogP contribution in [0.4, 0.5) is 0 Å². The van der Waals surface area contributed by atoms with Crippen molar-refractivity contribution in [1.29, 1.82) is 0 Å². The second kappa shape index (κ2) is 4.82. The number of hydrogen-bond acceptors (Lipinski definition) is 2. The highest BCUT2D eigenvalue weighted by Gasteiger charge is 2.07. The molecule has 2 N–H and O–H groups in total. The van der Waals surface area contributed by atoms with Gasteiger partial charge in [0, 0.05) is 12.1 Å². The Morgan fingerprint density at radius 3 is 2.68 bits per heavy atom. The van der Waals surface area contributed by atoms with Gasteiger partial charge in [-0.1, -0.05) is 48.6 Å². The first-order valence-electron chi connectivity index (χ1n) is 6.03. The second-order valence-corrected chi connectivity index (χ2v) is 4.82. The van der Waals surface area contributed by atoms with Gasteiger partial charge in [0.2, 0.25) is 0 Å². The summed E-state index contributed by atoms with van der Waals surface area (Å²) >= 11 is 5.09. The Bertz CT molecular complexity index is 746. The van der Waals surface area contributed by atoms with Crippen LogP contribution in [0.2, 0.25) is 0 Å². The predicted octanol–water partition coefficient (Wildman–Crippen LogP) is 2.72. The Balaban J connectivity index is 2.04. The molecule has 0 aliphatic heterocycles. The summed E-state index contributed by atoms with van der Waals surface area (Å²) in [4.78, 5) is 4.82. The van der Waals surface area contributed by atoms with Gasteiger partial charge in [-0.05, 0) is 17.7 Å². The molecule has 0 aliphatic carbocycles. The van der Waals surface area contributed by atoms with Crippen LogP contribution in [0.15, 0.2) is 54.9 Å². The van der Waals surface area contributed by atoms with E-state index in [2.05, 4.69) is 15.6 Å². The van der Waals surface area contributed by atoms with Gasteiger partial charge in [-0.2, -0.15) is 0 Å². The third kappa shape index (κ3) is 2.22. The number of imidazole rings is 1. The molecule has 0 bridgehead atoms. The SMILES string of the molecule is NC(=S)c1ccccc1Cn1cnc2ccccc21. The topological polar surface area (TPSA) is 43.8 Å². The number of aromatic nitrogens is 2. The van der Waals surface area contributed by atoms with Crippen LogP contribution in [0.25, 0.3) is 11.0 Å². The average molecular weight is 267 g/mol. The summed E-state index contributed by atoms with van der Waals surface area (Å²) < 4.78 is 2.10. The molecule has 2 aromatic carbocycles. The molecule has 0 fully saturated rings. The lowest BCUT2D eigenvalue weighted by Gasteiger charge is -2.09. The normalized spacial score (nSPS) is 10.7. The van der Waals surface area contributed by atoms with Crippen molar-refractivity contribution >= 4 is 28.2 Å². The number of para-hydroxylation sites is 2. The Morgan fingerprint density at radius 1 is 1.11 bits per heavy atom. The molecule has 1 heterocycles. The summed E-state index contributed by atoms with van der Waals surface area (Å²) in [5.41, 5.74) is 9.91. The van der Waals surface area contributed by atoms with E-state index in [0.29, 0.717) is 11.5 Å². The lowest BCUT2D eigenvalue weighted by atomic mass is 10.1. The van der Waals surface area contributed by atoms with Crippen LogP contribution in [0.3, 0.4) is 0 Å². The van der Waals surface area contributed by atoms with E-state index in [4.69, 9.17) is 18.0 Å². The summed E-state index contributed by atoms with van der Waals surface area (Å²) in [6.45, 7) is 0.716. The zero-order chi connectivity index (χ0) is 13.2. The van der Waals surface area contributed by atoms with Crippen molar-refractivity contribution in [3.8, 4) is 0 Å². The molecule has 4 heteroatoms. The molecule has 19 heavy (non-hydrogen) atoms. The zero-order valence-electron chi connectivity index (χ0n) is 10.3. The molecular weight excluding hydrogens is 254 g/mol. The van der Waals surface area contributed by atoms with Crippen LogP contribution >= 0.6 is 12.2 Å². The van der Waals surface area contributed by atoms with Crippen LogP contribution < -0.4 is 5.73 Å². The van der Waals surface area contributed by atoms with Crippen molar-refractivity contribution in [2.24, 2.45) is 5.73 Å². The van der Waals surface area contributed by atoms with Gasteiger partial charge in [0.25, 0.3) is 0 Å². The van der Waals surface area contributed by atoms with E-state index in [1.807, 2.05) is 48.8 Å². The van der Waals surface area contributed by atoms with Gasteiger partial charge in [-0.15, -0.1) is 0 Å². The molecule has 1 aromatic heterocycles. The number of rotatable bonds is 3. The molecule has 3 aromatic rings. The molecule has 0 saturated heterocycles. The maximum Gasteiger partial charge on any atom is 0.104 e. The van der Waals surface area contributed by atoms with Crippen molar-refractivity contribution in [1.82, 2.24) is 9.55 Å². The molecule has 0 saturated carbocycles. The van der Waals surface area contributed by atoms with Gasteiger partial charge in [0.15, 0.2) is 0 Å². The number of thiocarbonyl (C=S) groups is 1. The van der Waals surface area contributed by atoms with Crippen molar-refractivity contribution in [2.45, 2.75) is 6.54 Å². The number of nitrogens with zero attached hydrogens (tertiary/aromatic N) is 2. The molecule has 3 nitrogen and oxygen atoms in total. The highest BCUT2D eigenvalue weighted by atomic mass is 32.1. The van der Waals surface area contributed by atoms with Crippen LogP contribution in [-0.2, 0) is 6.54 Å². The van der Waals surface area contributed by atoms with E-state index in [0.717, 1.165) is 22.2 Å². The third-order valence-electron chi connectivity index (χ3n) is 3.15. The zero-order valence-corrected chi connectivity index (χ0v) is 11.1. The van der Waals surface area contributed by atoms with Gasteiger partial charge in [0.05, 0.1) is 17.4 Å². The summed E-state index contributed by atoms with van der Waals surface area (Å²) in [5, 5.41) is 0. The Kier molecular flexibility index (Phi) is 3.01. The highest BCUT2D eigenvalue weighted by molar-refractivity contribution is 7.80. The number of nitrogens with two attached hydrogens (primary N) is 1. The predicted molar refractivity (Wildman–Crippen MR) is 81.2 cm³/mol. The van der Waals surface area contributed by atoms with E-state index >= 15 is 0 Å². The van der Waals surface area contributed by atoms with Crippen LogP contribution in [0, 0.1) is 0 Å². The second-order valence-electron chi connectivity index (χ2n) is 4.38. The lowest BCUT2D eigenvalue weighted by molar-refractivity contribution is 0.823. The Morgan fingerprint density at radius 2 is 1.84 bits per heavy atom. The van der Waals surface area contributed by atoms with E-state index < -0.39 is 0 Å². The van der Waals surface area contributed by atoms with E-state index in [1.54, 1.807) is 0 Å². The largest absolute Gasteiger partial charge is 0.389 e. The minimum Gasteiger partial charge on any atom is -0.389 e. The molecule has 0 amide bonds. The van der Waals surface area contributed by atoms with E-state index in [9.17, 15) is 0 Å².